The van der Waals surface area contributed by atoms with Crippen LogP contribution in [0.15, 0.2) is 47.7 Å². The SMILES string of the molecule is CCNC(=NCc1cccc(NC(C)=O)c1)N1CCN(c2ncccn2)CC1. The zero-order valence-electron chi connectivity index (χ0n) is 16.4. The van der Waals surface area contributed by atoms with Crippen molar-refractivity contribution in [2.45, 2.75) is 20.4 Å². The molecular weight excluding hydrogens is 354 g/mol. The number of carbonyl (C=O) groups is 1. The summed E-state index contributed by atoms with van der Waals surface area (Å²) in [6, 6.07) is 9.62. The van der Waals surface area contributed by atoms with Gasteiger partial charge in [0.05, 0.1) is 6.54 Å². The normalized spacial score (nSPS) is 14.7. The number of hydrogen-bond donors (Lipinski definition) is 2. The molecule has 3 rings (SSSR count). The highest BCUT2D eigenvalue weighted by Crippen LogP contribution is 2.13. The minimum atomic E-state index is -0.0748. The summed E-state index contributed by atoms with van der Waals surface area (Å²) in [6.07, 6.45) is 3.55. The molecule has 1 saturated heterocycles. The molecule has 2 aromatic rings. The molecule has 0 spiro atoms. The second-order valence-corrected chi connectivity index (χ2v) is 6.57. The molecular formula is C20H27N7O. The number of amides is 1. The average Bonchev–Trinajstić information content (AvgIpc) is 2.72. The van der Waals surface area contributed by atoms with E-state index in [0.29, 0.717) is 6.54 Å². The van der Waals surface area contributed by atoms with Crippen LogP contribution in [0.2, 0.25) is 0 Å². The molecule has 28 heavy (non-hydrogen) atoms. The van der Waals surface area contributed by atoms with Crippen molar-refractivity contribution < 1.29 is 4.79 Å². The second kappa shape index (κ2) is 9.68. The fourth-order valence-corrected chi connectivity index (χ4v) is 3.12. The van der Waals surface area contributed by atoms with E-state index in [1.807, 2.05) is 30.3 Å². The fourth-order valence-electron chi connectivity index (χ4n) is 3.12. The standard InChI is InChI=1S/C20H27N7O/c1-3-21-19(24-15-17-6-4-7-18(14-17)25-16(2)28)26-10-12-27(13-11-26)20-22-8-5-9-23-20/h4-9,14H,3,10-13,15H2,1-2H3,(H,21,24)(H,25,28). The fraction of sp³-hybridized carbons (Fsp3) is 0.400. The largest absolute Gasteiger partial charge is 0.357 e. The summed E-state index contributed by atoms with van der Waals surface area (Å²) in [4.78, 5) is 29.2. The molecule has 0 saturated carbocycles. The number of piperazine rings is 1. The highest BCUT2D eigenvalue weighted by atomic mass is 16.1. The molecule has 8 heteroatoms. The lowest BCUT2D eigenvalue weighted by Gasteiger charge is -2.36. The molecule has 1 aliphatic heterocycles. The molecule has 1 amide bonds. The first-order valence-electron chi connectivity index (χ1n) is 9.57. The lowest BCUT2D eigenvalue weighted by Crippen LogP contribution is -2.52. The highest BCUT2D eigenvalue weighted by molar-refractivity contribution is 5.88. The molecule has 0 bridgehead atoms. The van der Waals surface area contributed by atoms with Gasteiger partial charge in [-0.2, -0.15) is 0 Å². The molecule has 0 aliphatic carbocycles. The van der Waals surface area contributed by atoms with Gasteiger partial charge in [0.15, 0.2) is 5.96 Å². The number of nitrogens with one attached hydrogen (secondary N) is 2. The Kier molecular flexibility index (Phi) is 6.78. The molecule has 2 N–H and O–H groups in total. The molecule has 1 fully saturated rings. The van der Waals surface area contributed by atoms with Crippen LogP contribution >= 0.6 is 0 Å². The summed E-state index contributed by atoms with van der Waals surface area (Å²) in [5.74, 6) is 1.61. The monoisotopic (exact) mass is 381 g/mol. The molecule has 0 radical (unpaired) electrons. The van der Waals surface area contributed by atoms with Crippen molar-refractivity contribution in [2.75, 3.05) is 42.9 Å². The van der Waals surface area contributed by atoms with Crippen molar-refractivity contribution in [1.29, 1.82) is 0 Å². The number of anilines is 2. The van der Waals surface area contributed by atoms with E-state index >= 15 is 0 Å². The van der Waals surface area contributed by atoms with Gasteiger partial charge in [0.25, 0.3) is 0 Å². The van der Waals surface area contributed by atoms with E-state index in [1.54, 1.807) is 12.4 Å². The first kappa shape index (κ1) is 19.6. The van der Waals surface area contributed by atoms with Gasteiger partial charge in [0, 0.05) is 57.7 Å². The van der Waals surface area contributed by atoms with Crippen LogP contribution in [0.25, 0.3) is 0 Å². The number of guanidine groups is 1. The lowest BCUT2D eigenvalue weighted by atomic mass is 10.2. The number of rotatable bonds is 5. The maximum absolute atomic E-state index is 11.2. The van der Waals surface area contributed by atoms with Crippen molar-refractivity contribution in [3.05, 3.63) is 48.3 Å². The third kappa shape index (κ3) is 5.42. The molecule has 1 aliphatic rings. The highest BCUT2D eigenvalue weighted by Gasteiger charge is 2.21. The second-order valence-electron chi connectivity index (χ2n) is 6.57. The zero-order chi connectivity index (χ0) is 19.8. The van der Waals surface area contributed by atoms with E-state index < -0.39 is 0 Å². The maximum atomic E-state index is 11.2. The molecule has 1 aromatic carbocycles. The van der Waals surface area contributed by atoms with Crippen LogP contribution < -0.4 is 15.5 Å². The predicted octanol–water partition coefficient (Wildman–Crippen LogP) is 1.72. The van der Waals surface area contributed by atoms with Crippen molar-refractivity contribution >= 4 is 23.5 Å². The molecule has 0 atom stereocenters. The van der Waals surface area contributed by atoms with Gasteiger partial charge in [-0.25, -0.2) is 15.0 Å². The van der Waals surface area contributed by atoms with E-state index in [-0.39, 0.29) is 5.91 Å². The van der Waals surface area contributed by atoms with Gasteiger partial charge in [-0.15, -0.1) is 0 Å². The molecule has 1 aromatic heterocycles. The predicted molar refractivity (Wildman–Crippen MR) is 111 cm³/mol. The van der Waals surface area contributed by atoms with Gasteiger partial charge in [-0.05, 0) is 30.7 Å². The van der Waals surface area contributed by atoms with Crippen molar-refractivity contribution in [3.8, 4) is 0 Å². The Morgan fingerprint density at radius 1 is 1.14 bits per heavy atom. The number of benzene rings is 1. The van der Waals surface area contributed by atoms with Crippen LogP contribution in [0.1, 0.15) is 19.4 Å². The summed E-state index contributed by atoms with van der Waals surface area (Å²) in [5.41, 5.74) is 1.85. The number of nitrogens with zero attached hydrogens (tertiary/aromatic N) is 5. The summed E-state index contributed by atoms with van der Waals surface area (Å²) in [7, 11) is 0. The minimum Gasteiger partial charge on any atom is -0.357 e. The Morgan fingerprint density at radius 3 is 2.57 bits per heavy atom. The third-order valence-electron chi connectivity index (χ3n) is 4.41. The van der Waals surface area contributed by atoms with E-state index in [1.165, 1.54) is 6.92 Å². The number of aliphatic imine (C=N–C) groups is 1. The van der Waals surface area contributed by atoms with Crippen LogP contribution in [-0.2, 0) is 11.3 Å². The van der Waals surface area contributed by atoms with E-state index in [0.717, 1.165) is 55.9 Å². The van der Waals surface area contributed by atoms with Gasteiger partial charge < -0.3 is 20.4 Å². The lowest BCUT2D eigenvalue weighted by molar-refractivity contribution is -0.114. The quantitative estimate of drug-likeness (QED) is 0.606. The average molecular weight is 381 g/mol. The van der Waals surface area contributed by atoms with Crippen molar-refractivity contribution in [1.82, 2.24) is 20.2 Å². The Bertz CT molecular complexity index is 801. The molecule has 148 valence electrons. The Hall–Kier alpha value is -3.16. The maximum Gasteiger partial charge on any atom is 0.225 e. The van der Waals surface area contributed by atoms with Gasteiger partial charge in [-0.1, -0.05) is 12.1 Å². The first-order valence-corrected chi connectivity index (χ1v) is 9.57. The van der Waals surface area contributed by atoms with Gasteiger partial charge in [0.1, 0.15) is 0 Å². The van der Waals surface area contributed by atoms with Crippen LogP contribution in [0.3, 0.4) is 0 Å². The van der Waals surface area contributed by atoms with E-state index in [9.17, 15) is 4.79 Å². The zero-order valence-corrected chi connectivity index (χ0v) is 16.4. The van der Waals surface area contributed by atoms with Crippen LogP contribution in [0, 0.1) is 0 Å². The third-order valence-corrected chi connectivity index (χ3v) is 4.41. The Balaban J connectivity index is 1.63. The van der Waals surface area contributed by atoms with Gasteiger partial charge >= 0.3 is 0 Å². The minimum absolute atomic E-state index is 0.0748. The summed E-state index contributed by atoms with van der Waals surface area (Å²) in [6.45, 7) is 8.37. The first-order chi connectivity index (χ1) is 13.7. The Labute approximate surface area is 165 Å². The topological polar surface area (TPSA) is 85.8 Å². The smallest absolute Gasteiger partial charge is 0.225 e. The molecule has 2 heterocycles. The Morgan fingerprint density at radius 2 is 1.89 bits per heavy atom. The van der Waals surface area contributed by atoms with Crippen LogP contribution in [-0.4, -0.2) is 59.5 Å². The van der Waals surface area contributed by atoms with Gasteiger partial charge in [0.2, 0.25) is 11.9 Å². The van der Waals surface area contributed by atoms with Crippen LogP contribution in [0.4, 0.5) is 11.6 Å². The summed E-state index contributed by atoms with van der Waals surface area (Å²) >= 11 is 0. The van der Waals surface area contributed by atoms with Crippen molar-refractivity contribution in [3.63, 3.8) is 0 Å². The van der Waals surface area contributed by atoms with Crippen LogP contribution in [0.5, 0.6) is 0 Å². The number of aromatic nitrogens is 2. The van der Waals surface area contributed by atoms with E-state index in [2.05, 4.69) is 37.3 Å². The van der Waals surface area contributed by atoms with Gasteiger partial charge in [-0.3, -0.25) is 4.79 Å². The number of hydrogen-bond acceptors (Lipinski definition) is 5. The van der Waals surface area contributed by atoms with Crippen molar-refractivity contribution in [2.24, 2.45) is 4.99 Å². The molecule has 0 unspecified atom stereocenters. The summed E-state index contributed by atoms with van der Waals surface area (Å²) < 4.78 is 0. The molecule has 8 nitrogen and oxygen atoms in total. The number of carbonyl (C=O) groups excluding carboxylic acids is 1. The van der Waals surface area contributed by atoms with E-state index in [4.69, 9.17) is 4.99 Å². The summed E-state index contributed by atoms with van der Waals surface area (Å²) in [5, 5.41) is 6.19.